The first-order chi connectivity index (χ1) is 3.13. The topological polar surface area (TPSA) is 93.0 Å². The summed E-state index contributed by atoms with van der Waals surface area (Å²) in [5, 5.41) is 32.4. The van der Waals surface area contributed by atoms with Crippen molar-refractivity contribution in [1.29, 1.82) is 0 Å². The number of hydrogen-bond donors (Lipinski definition) is 3. The Morgan fingerprint density at radius 3 is 1.40 bits per heavy atom. The van der Waals surface area contributed by atoms with E-state index in [9.17, 15) is 5.02 Å². The number of halogens is 2. The zero-order valence-electron chi connectivity index (χ0n) is 5.13. The first-order valence-electron chi connectivity index (χ1n) is 1.48. The van der Waals surface area contributed by atoms with Crippen molar-refractivity contribution in [2.24, 2.45) is 0 Å². The summed E-state index contributed by atoms with van der Waals surface area (Å²) in [4.78, 5) is 0. The van der Waals surface area contributed by atoms with Gasteiger partial charge in [0.2, 0.25) is 0 Å². The van der Waals surface area contributed by atoms with Gasteiger partial charge in [-0.1, -0.05) is 0 Å². The Balaban J connectivity index is -0.0000000600. The molecule has 0 aromatic heterocycles. The van der Waals surface area contributed by atoms with Crippen LogP contribution in [0.4, 0.5) is 0 Å². The molecule has 10 heavy (non-hydrogen) atoms. The van der Waals surface area contributed by atoms with Gasteiger partial charge in [0.1, 0.15) is 0 Å². The molecule has 3 N–H and O–H groups in total. The molecule has 5 nitrogen and oxygen atoms in total. The van der Waals surface area contributed by atoms with Crippen LogP contribution in [0.15, 0.2) is 0 Å². The normalized spacial score (nSPS) is 6.00. The van der Waals surface area contributed by atoms with Gasteiger partial charge in [-0.2, -0.15) is 0 Å². The van der Waals surface area contributed by atoms with E-state index in [0.29, 0.717) is 0 Å². The molecule has 0 unspecified atom stereocenters. The van der Waals surface area contributed by atoms with E-state index in [0.717, 1.165) is 0 Å². The predicted molar refractivity (Wildman–Crippen MR) is 50.1 cm³/mol. The first kappa shape index (κ1) is 22.7. The van der Waals surface area contributed by atoms with Crippen LogP contribution in [0.3, 0.4) is 0 Å². The van der Waals surface area contributed by atoms with E-state index in [-0.39, 0.29) is 66.8 Å². The Bertz CT molecular complexity index is 46.9. The van der Waals surface area contributed by atoms with Gasteiger partial charge in [0, 0.05) is 0 Å². The Kier molecular flexibility index (Phi) is 30.8. The van der Waals surface area contributed by atoms with Crippen molar-refractivity contribution in [2.75, 3.05) is 0 Å². The number of rotatable bonds is 2. The van der Waals surface area contributed by atoms with Crippen LogP contribution < -0.4 is 23.9 Å². The number of hydrogen-bond acceptors (Lipinski definition) is 5. The van der Waals surface area contributed by atoms with Crippen LogP contribution in [0.1, 0.15) is 0 Å². The summed E-state index contributed by atoms with van der Waals surface area (Å²) >= 11 is 0. The third-order valence-electron chi connectivity index (χ3n) is 0.238. The first-order valence-corrected chi connectivity index (χ1v) is 1.48. The molecule has 0 spiro atoms. The maximum absolute atomic E-state index is 9.35. The van der Waals surface area contributed by atoms with Crippen LogP contribution in [0.5, 0.6) is 0 Å². The summed E-state index contributed by atoms with van der Waals surface area (Å²) in [5.74, 6) is 0. The van der Waals surface area contributed by atoms with Gasteiger partial charge in [0.05, 0.1) is 0 Å². The maximum Gasteiger partial charge on any atom is 1.00 e. The fourth-order valence-corrected chi connectivity index (χ4v) is 0.104. The molecule has 0 aromatic carbocycles. The van der Waals surface area contributed by atoms with Crippen LogP contribution in [-0.4, -0.2) is 29.7 Å². The van der Waals surface area contributed by atoms with E-state index in [2.05, 4.69) is 4.57 Å². The van der Waals surface area contributed by atoms with Gasteiger partial charge in [-0.3, -0.25) is 0 Å². The summed E-state index contributed by atoms with van der Waals surface area (Å²) in [6, 6.07) is 0. The SMILES string of the molecule is I.I.[Li+].[O-]B(O)OB(O)O. The molecule has 0 radical (unpaired) electrons. The van der Waals surface area contributed by atoms with Crippen LogP contribution in [0, 0.1) is 0 Å². The van der Waals surface area contributed by atoms with E-state index in [1.807, 2.05) is 0 Å². The van der Waals surface area contributed by atoms with Gasteiger partial charge in [-0.25, -0.2) is 0 Å². The van der Waals surface area contributed by atoms with Crippen LogP contribution >= 0.6 is 48.0 Å². The van der Waals surface area contributed by atoms with Crippen molar-refractivity contribution in [2.45, 2.75) is 0 Å². The molecule has 0 amide bonds. The van der Waals surface area contributed by atoms with Gasteiger partial charge >= 0.3 is 33.5 Å². The summed E-state index contributed by atoms with van der Waals surface area (Å²) in [7, 11) is -4.56. The van der Waals surface area contributed by atoms with Crippen LogP contribution in [0.25, 0.3) is 0 Å². The molecule has 0 fully saturated rings. The second-order valence-corrected chi connectivity index (χ2v) is 0.769. The molecule has 10 heteroatoms. The quantitative estimate of drug-likeness (QED) is 0.335. The van der Waals surface area contributed by atoms with Gasteiger partial charge in [0.15, 0.2) is 0 Å². The molecule has 0 aliphatic carbocycles. The average molecular weight is 367 g/mol. The molecule has 0 aliphatic rings. The van der Waals surface area contributed by atoms with Gasteiger partial charge in [-0.15, -0.1) is 48.0 Å². The molecule has 0 heterocycles. The van der Waals surface area contributed by atoms with E-state index in [4.69, 9.17) is 15.1 Å². The maximum atomic E-state index is 9.35. The van der Waals surface area contributed by atoms with Gasteiger partial charge in [0.25, 0.3) is 0 Å². The monoisotopic (exact) mass is 368 g/mol. The smallest absolute Gasteiger partial charge is 0.833 e. The van der Waals surface area contributed by atoms with Crippen LogP contribution in [0.2, 0.25) is 0 Å². The van der Waals surface area contributed by atoms with Crippen molar-refractivity contribution in [3.8, 4) is 0 Å². The molecule has 0 aromatic rings. The second-order valence-electron chi connectivity index (χ2n) is 0.769. The molecule has 0 saturated carbocycles. The molecular weight excluding hydrogens is 362 g/mol. The van der Waals surface area contributed by atoms with Crippen LogP contribution in [-0.2, 0) is 4.57 Å². The third kappa shape index (κ3) is 22.5. The van der Waals surface area contributed by atoms with E-state index in [1.165, 1.54) is 0 Å². The van der Waals surface area contributed by atoms with E-state index >= 15 is 0 Å². The van der Waals surface area contributed by atoms with Crippen molar-refractivity contribution in [3.63, 3.8) is 0 Å². The third-order valence-corrected chi connectivity index (χ3v) is 0.238. The minimum Gasteiger partial charge on any atom is -0.833 e. The molecule has 0 bridgehead atoms. The predicted octanol–water partition coefficient (Wildman–Crippen LogP) is -5.45. The Hall–Kier alpha value is 1.99. The minimum absolute atomic E-state index is 0. The second kappa shape index (κ2) is 13.6. The van der Waals surface area contributed by atoms with E-state index in [1.54, 1.807) is 0 Å². The Morgan fingerprint density at radius 1 is 1.10 bits per heavy atom. The summed E-state index contributed by atoms with van der Waals surface area (Å²) < 4.78 is 3.36. The minimum atomic E-state index is -2.38. The molecule has 56 valence electrons. The zero-order chi connectivity index (χ0) is 5.86. The molecule has 0 saturated heterocycles. The van der Waals surface area contributed by atoms with Crippen molar-refractivity contribution >= 4 is 62.6 Å². The van der Waals surface area contributed by atoms with Crippen molar-refractivity contribution < 1.29 is 43.5 Å². The fourth-order valence-electron chi connectivity index (χ4n) is 0.104. The fraction of sp³-hybridized carbons (Fsp3) is 0. The van der Waals surface area contributed by atoms with Crippen molar-refractivity contribution in [1.82, 2.24) is 0 Å². The molecular formula is H5B2I2LiO5. The Labute approximate surface area is 105 Å². The zero-order valence-corrected chi connectivity index (χ0v) is 9.79. The van der Waals surface area contributed by atoms with Gasteiger partial charge < -0.3 is 24.7 Å². The largest absolute Gasteiger partial charge is 1.00 e. The summed E-state index contributed by atoms with van der Waals surface area (Å²) in [6.07, 6.45) is 0. The summed E-state index contributed by atoms with van der Waals surface area (Å²) in [6.45, 7) is 0. The van der Waals surface area contributed by atoms with Crippen molar-refractivity contribution in [3.05, 3.63) is 0 Å². The standard InChI is InChI=1S/B2H3O5.2HI.Li/c3-1(4)7-2(5)6;;;/h3-5H;2*1H;/q-1;;;+1. The molecule has 0 atom stereocenters. The van der Waals surface area contributed by atoms with E-state index < -0.39 is 14.6 Å². The molecule has 0 aliphatic heterocycles. The summed E-state index contributed by atoms with van der Waals surface area (Å²) in [5.41, 5.74) is 0. The average Bonchev–Trinajstić information content (AvgIpc) is 1.27. The van der Waals surface area contributed by atoms with Gasteiger partial charge in [-0.05, 0) is 0 Å². The molecule has 0 rings (SSSR count). The Morgan fingerprint density at radius 2 is 1.40 bits per heavy atom.